The lowest BCUT2D eigenvalue weighted by Crippen LogP contribution is -2.31. The van der Waals surface area contributed by atoms with Gasteiger partial charge in [-0.15, -0.1) is 0 Å². The third-order valence-corrected chi connectivity index (χ3v) is 6.17. The monoisotopic (exact) mass is 322 g/mol. The maximum Gasteiger partial charge on any atom is 0.0465 e. The molecule has 104 valence electrons. The molecule has 3 heteroatoms. The zero-order chi connectivity index (χ0) is 13.4. The minimum absolute atomic E-state index is 0.293. The molecule has 3 rings (SSSR count). The molecule has 0 aliphatic heterocycles. The summed E-state index contributed by atoms with van der Waals surface area (Å²) in [5.41, 5.74) is 5.71. The van der Waals surface area contributed by atoms with Gasteiger partial charge in [-0.25, -0.2) is 0 Å². The fourth-order valence-corrected chi connectivity index (χ4v) is 4.64. The van der Waals surface area contributed by atoms with Gasteiger partial charge in [-0.2, -0.15) is 0 Å². The van der Waals surface area contributed by atoms with Gasteiger partial charge in [0.25, 0.3) is 0 Å². The Morgan fingerprint density at radius 2 is 2.21 bits per heavy atom. The predicted octanol–water partition coefficient (Wildman–Crippen LogP) is 4.09. The predicted molar refractivity (Wildman–Crippen MR) is 82.5 cm³/mol. The van der Waals surface area contributed by atoms with Crippen molar-refractivity contribution in [3.05, 3.63) is 33.8 Å². The van der Waals surface area contributed by atoms with Crippen molar-refractivity contribution in [1.29, 1.82) is 0 Å². The van der Waals surface area contributed by atoms with Gasteiger partial charge in [0.15, 0.2) is 0 Å². The van der Waals surface area contributed by atoms with Gasteiger partial charge in [0.2, 0.25) is 0 Å². The van der Waals surface area contributed by atoms with Crippen LogP contribution in [0.3, 0.4) is 0 Å². The zero-order valence-corrected chi connectivity index (χ0v) is 13.1. The van der Waals surface area contributed by atoms with Crippen LogP contribution in [0.25, 0.3) is 0 Å². The number of rotatable bonds is 4. The second-order valence-electron chi connectivity index (χ2n) is 6.34. The van der Waals surface area contributed by atoms with Crippen LogP contribution in [0.15, 0.2) is 22.7 Å². The lowest BCUT2D eigenvalue weighted by atomic mass is 9.82. The summed E-state index contributed by atoms with van der Waals surface area (Å²) in [6.07, 6.45) is 7.01. The fourth-order valence-electron chi connectivity index (χ4n) is 4.25. The first-order chi connectivity index (χ1) is 9.19. The van der Waals surface area contributed by atoms with Crippen molar-refractivity contribution in [2.24, 2.45) is 23.6 Å². The maximum absolute atomic E-state index is 5.83. The molecule has 0 amide bonds. The van der Waals surface area contributed by atoms with E-state index in [1.807, 2.05) is 0 Å². The molecule has 2 aliphatic rings. The Balaban J connectivity index is 1.75. The van der Waals surface area contributed by atoms with Crippen molar-refractivity contribution >= 4 is 15.9 Å². The second-order valence-corrected chi connectivity index (χ2v) is 7.20. The molecule has 2 saturated carbocycles. The Labute approximate surface area is 124 Å². The number of nitrogens with one attached hydrogen (secondary N) is 1. The summed E-state index contributed by atoms with van der Waals surface area (Å²) in [5.74, 6) is 8.69. The zero-order valence-electron chi connectivity index (χ0n) is 11.5. The van der Waals surface area contributed by atoms with E-state index in [1.54, 1.807) is 0 Å². The molecule has 2 aliphatic carbocycles. The molecule has 1 aromatic rings. The molecule has 4 atom stereocenters. The van der Waals surface area contributed by atoms with Crippen LogP contribution in [-0.2, 0) is 0 Å². The first kappa shape index (κ1) is 13.6. The topological polar surface area (TPSA) is 38.0 Å². The van der Waals surface area contributed by atoms with Crippen LogP contribution in [-0.4, -0.2) is 0 Å². The number of nitrogens with two attached hydrogens (primary N) is 1. The van der Waals surface area contributed by atoms with E-state index in [0.717, 1.165) is 17.8 Å². The smallest absolute Gasteiger partial charge is 0.0465 e. The largest absolute Gasteiger partial charge is 0.271 e. The molecular formula is C16H23BrN2. The standard InChI is InChI=1S/C16H23BrN2/c1-10-14(3-2-4-15(10)17)16(19-18)9-13-8-11-5-6-12(13)7-11/h2-4,11-13,16,19H,5-9,18H2,1H3. The van der Waals surface area contributed by atoms with Crippen molar-refractivity contribution in [2.45, 2.75) is 45.1 Å². The Morgan fingerprint density at radius 1 is 1.37 bits per heavy atom. The summed E-state index contributed by atoms with van der Waals surface area (Å²) in [5, 5.41) is 0. The highest BCUT2D eigenvalue weighted by atomic mass is 79.9. The molecule has 1 aromatic carbocycles. The summed E-state index contributed by atoms with van der Waals surface area (Å²) in [6, 6.07) is 6.71. The maximum atomic E-state index is 5.83. The van der Waals surface area contributed by atoms with Crippen LogP contribution in [0.2, 0.25) is 0 Å². The minimum Gasteiger partial charge on any atom is -0.271 e. The summed E-state index contributed by atoms with van der Waals surface area (Å²) >= 11 is 3.62. The lowest BCUT2D eigenvalue weighted by molar-refractivity contribution is 0.280. The highest BCUT2D eigenvalue weighted by Gasteiger charge is 2.40. The minimum atomic E-state index is 0.293. The average molecular weight is 323 g/mol. The molecule has 0 aromatic heterocycles. The van der Waals surface area contributed by atoms with Gasteiger partial charge in [0.1, 0.15) is 0 Å². The molecule has 0 saturated heterocycles. The SMILES string of the molecule is Cc1c(Br)cccc1C(CC1CC2CCC1C2)NN. The van der Waals surface area contributed by atoms with Crippen molar-refractivity contribution in [3.8, 4) is 0 Å². The van der Waals surface area contributed by atoms with Crippen LogP contribution in [0, 0.1) is 24.7 Å². The van der Waals surface area contributed by atoms with Crippen LogP contribution < -0.4 is 11.3 Å². The number of halogens is 1. The van der Waals surface area contributed by atoms with E-state index in [2.05, 4.69) is 46.5 Å². The Hall–Kier alpha value is -0.380. The van der Waals surface area contributed by atoms with Crippen molar-refractivity contribution < 1.29 is 0 Å². The summed E-state index contributed by atoms with van der Waals surface area (Å²) in [4.78, 5) is 0. The summed E-state index contributed by atoms with van der Waals surface area (Å²) in [7, 11) is 0. The van der Waals surface area contributed by atoms with Gasteiger partial charge >= 0.3 is 0 Å². The van der Waals surface area contributed by atoms with Gasteiger partial charge in [-0.1, -0.05) is 34.5 Å². The first-order valence-electron chi connectivity index (χ1n) is 7.40. The quantitative estimate of drug-likeness (QED) is 0.647. The first-order valence-corrected chi connectivity index (χ1v) is 8.19. The molecule has 2 fully saturated rings. The van der Waals surface area contributed by atoms with Crippen molar-refractivity contribution in [3.63, 3.8) is 0 Å². The molecule has 19 heavy (non-hydrogen) atoms. The molecule has 0 heterocycles. The number of hydrogen-bond donors (Lipinski definition) is 2. The van der Waals surface area contributed by atoms with Crippen LogP contribution >= 0.6 is 15.9 Å². The van der Waals surface area contributed by atoms with E-state index in [-0.39, 0.29) is 0 Å². The lowest BCUT2D eigenvalue weighted by Gasteiger charge is -2.27. The second kappa shape index (κ2) is 5.55. The normalized spacial score (nSPS) is 30.8. The molecule has 4 unspecified atom stereocenters. The van der Waals surface area contributed by atoms with E-state index >= 15 is 0 Å². The van der Waals surface area contributed by atoms with Crippen LogP contribution in [0.5, 0.6) is 0 Å². The van der Waals surface area contributed by atoms with Crippen LogP contribution in [0.4, 0.5) is 0 Å². The number of hydrogen-bond acceptors (Lipinski definition) is 2. The molecule has 2 nitrogen and oxygen atoms in total. The van der Waals surface area contributed by atoms with Gasteiger partial charge in [-0.3, -0.25) is 11.3 Å². The summed E-state index contributed by atoms with van der Waals surface area (Å²) < 4.78 is 1.18. The third kappa shape index (κ3) is 2.61. The molecule has 0 spiro atoms. The van der Waals surface area contributed by atoms with Crippen LogP contribution in [0.1, 0.15) is 49.3 Å². The summed E-state index contributed by atoms with van der Waals surface area (Å²) in [6.45, 7) is 2.17. The van der Waals surface area contributed by atoms with Gasteiger partial charge in [0.05, 0.1) is 0 Å². The van der Waals surface area contributed by atoms with E-state index in [0.29, 0.717) is 6.04 Å². The fraction of sp³-hybridized carbons (Fsp3) is 0.625. The van der Waals surface area contributed by atoms with E-state index in [9.17, 15) is 0 Å². The van der Waals surface area contributed by atoms with E-state index < -0.39 is 0 Å². The highest BCUT2D eigenvalue weighted by molar-refractivity contribution is 9.10. The number of fused-ring (bicyclic) bond motifs is 2. The van der Waals surface area contributed by atoms with E-state index in [4.69, 9.17) is 5.84 Å². The molecular weight excluding hydrogens is 300 g/mol. The Morgan fingerprint density at radius 3 is 2.84 bits per heavy atom. The Kier molecular flexibility index (Phi) is 3.97. The van der Waals surface area contributed by atoms with Crippen molar-refractivity contribution in [2.75, 3.05) is 0 Å². The number of hydrazine groups is 1. The third-order valence-electron chi connectivity index (χ3n) is 5.31. The van der Waals surface area contributed by atoms with Gasteiger partial charge in [-0.05, 0) is 67.6 Å². The van der Waals surface area contributed by atoms with Gasteiger partial charge < -0.3 is 0 Å². The molecule has 2 bridgehead atoms. The number of benzene rings is 1. The van der Waals surface area contributed by atoms with E-state index in [1.165, 1.54) is 47.7 Å². The average Bonchev–Trinajstić information content (AvgIpc) is 3.02. The van der Waals surface area contributed by atoms with Gasteiger partial charge in [0, 0.05) is 10.5 Å². The molecule has 3 N–H and O–H groups in total. The Bertz CT molecular complexity index is 460. The van der Waals surface area contributed by atoms with Crippen molar-refractivity contribution in [1.82, 2.24) is 5.43 Å². The molecule has 0 radical (unpaired) electrons. The highest BCUT2D eigenvalue weighted by Crippen LogP contribution is 2.51.